The third-order valence-electron chi connectivity index (χ3n) is 2.51. The topological polar surface area (TPSA) is 73.9 Å². The number of amidine groups is 1. The van der Waals surface area contributed by atoms with Crippen molar-refractivity contribution in [3.63, 3.8) is 0 Å². The van der Waals surface area contributed by atoms with Crippen molar-refractivity contribution in [3.8, 4) is 5.75 Å². The fraction of sp³-hybridized carbons (Fsp3) is 0.429. The van der Waals surface area contributed by atoms with Crippen LogP contribution in [0, 0.1) is 12.8 Å². The highest BCUT2D eigenvalue weighted by Gasteiger charge is 2.08. The maximum absolute atomic E-state index is 11.3. The fourth-order valence-corrected chi connectivity index (χ4v) is 1.80. The van der Waals surface area contributed by atoms with E-state index in [1.807, 2.05) is 25.1 Å². The molecule has 0 aliphatic carbocycles. The average molecular weight is 377 g/mol. The van der Waals surface area contributed by atoms with Crippen molar-refractivity contribution in [2.75, 3.05) is 13.0 Å². The number of methoxy groups -OCH3 is 1. The Labute approximate surface area is 140 Å². The molecule has 1 aromatic carbocycles. The van der Waals surface area contributed by atoms with Crippen molar-refractivity contribution in [3.05, 3.63) is 23.8 Å². The van der Waals surface area contributed by atoms with Crippen molar-refractivity contribution in [2.45, 2.75) is 20.8 Å². The molecule has 2 N–H and O–H groups in total. The molecular weight excluding hydrogens is 356 g/mol. The molecule has 1 aromatic rings. The third kappa shape index (κ3) is 6.86. The first kappa shape index (κ1) is 19.8. The first-order valence-electron chi connectivity index (χ1n) is 6.22. The highest BCUT2D eigenvalue weighted by molar-refractivity contribution is 8.93. The van der Waals surface area contributed by atoms with Gasteiger partial charge < -0.3 is 15.2 Å². The molecule has 0 unspecified atom stereocenters. The smallest absolute Gasteiger partial charge is 0.309 e. The van der Waals surface area contributed by atoms with Gasteiger partial charge in [-0.15, -0.1) is 17.0 Å². The number of rotatable bonds is 5. The first-order valence-corrected chi connectivity index (χ1v) is 7.20. The van der Waals surface area contributed by atoms with Crippen LogP contribution in [0.5, 0.6) is 5.75 Å². The number of aryl methyl sites for hydroxylation is 1. The molecule has 0 amide bonds. The molecular formula is C14H21BrN2O3S. The van der Waals surface area contributed by atoms with Crippen LogP contribution in [0.1, 0.15) is 19.4 Å². The molecule has 0 atom stereocenters. The minimum absolute atomic E-state index is 0. The molecule has 0 bridgehead atoms. The number of esters is 1. The Morgan fingerprint density at radius 2 is 2.10 bits per heavy atom. The van der Waals surface area contributed by atoms with Crippen LogP contribution in [0.15, 0.2) is 23.2 Å². The van der Waals surface area contributed by atoms with E-state index < -0.39 is 0 Å². The van der Waals surface area contributed by atoms with Crippen molar-refractivity contribution in [2.24, 2.45) is 16.6 Å². The van der Waals surface area contributed by atoms with E-state index in [9.17, 15) is 4.79 Å². The molecule has 0 aromatic heterocycles. The van der Waals surface area contributed by atoms with Crippen LogP contribution in [0.3, 0.4) is 0 Å². The Morgan fingerprint density at radius 3 is 2.62 bits per heavy atom. The summed E-state index contributed by atoms with van der Waals surface area (Å²) < 4.78 is 10.1. The molecule has 0 spiro atoms. The van der Waals surface area contributed by atoms with E-state index in [1.54, 1.807) is 21.0 Å². The zero-order valence-electron chi connectivity index (χ0n) is 12.6. The molecule has 0 fully saturated rings. The summed E-state index contributed by atoms with van der Waals surface area (Å²) in [5.41, 5.74) is 7.53. The minimum atomic E-state index is -0.245. The van der Waals surface area contributed by atoms with Gasteiger partial charge >= 0.3 is 5.97 Å². The molecule has 0 aliphatic rings. The van der Waals surface area contributed by atoms with Crippen LogP contribution >= 0.6 is 28.7 Å². The lowest BCUT2D eigenvalue weighted by Gasteiger charge is -2.07. The van der Waals surface area contributed by atoms with E-state index in [2.05, 4.69) is 4.99 Å². The van der Waals surface area contributed by atoms with E-state index in [-0.39, 0.29) is 34.8 Å². The molecule has 0 saturated carbocycles. The van der Waals surface area contributed by atoms with Gasteiger partial charge in [-0.1, -0.05) is 13.8 Å². The fourth-order valence-electron chi connectivity index (χ4n) is 1.35. The predicted molar refractivity (Wildman–Crippen MR) is 92.7 cm³/mol. The van der Waals surface area contributed by atoms with E-state index >= 15 is 0 Å². The van der Waals surface area contributed by atoms with Gasteiger partial charge in [0.05, 0.1) is 18.7 Å². The molecule has 5 nitrogen and oxygen atoms in total. The van der Waals surface area contributed by atoms with E-state index in [0.29, 0.717) is 5.17 Å². The number of nitrogens with two attached hydrogens (primary N) is 1. The Morgan fingerprint density at radius 1 is 1.43 bits per heavy atom. The molecule has 118 valence electrons. The third-order valence-corrected chi connectivity index (χ3v) is 3.14. The second-order valence-corrected chi connectivity index (χ2v) is 5.43. The second-order valence-electron chi connectivity index (χ2n) is 4.48. The lowest BCUT2D eigenvalue weighted by molar-refractivity contribution is -0.144. The molecule has 21 heavy (non-hydrogen) atoms. The van der Waals surface area contributed by atoms with Crippen LogP contribution in [-0.2, 0) is 9.53 Å². The van der Waals surface area contributed by atoms with Gasteiger partial charge in [0.1, 0.15) is 11.7 Å². The minimum Gasteiger partial charge on any atom is -0.497 e. The summed E-state index contributed by atoms with van der Waals surface area (Å²) in [4.78, 5) is 15.6. The van der Waals surface area contributed by atoms with Gasteiger partial charge in [-0.05, 0) is 42.4 Å². The highest BCUT2D eigenvalue weighted by Crippen LogP contribution is 2.24. The summed E-state index contributed by atoms with van der Waals surface area (Å²) in [5, 5.41) is 0.356. The van der Waals surface area contributed by atoms with Gasteiger partial charge in [-0.3, -0.25) is 4.79 Å². The van der Waals surface area contributed by atoms with Crippen molar-refractivity contribution >= 4 is 45.6 Å². The molecule has 7 heteroatoms. The summed E-state index contributed by atoms with van der Waals surface area (Å²) in [6, 6.07) is 5.54. The van der Waals surface area contributed by atoms with Crippen LogP contribution in [-0.4, -0.2) is 24.2 Å². The van der Waals surface area contributed by atoms with Gasteiger partial charge in [0.25, 0.3) is 0 Å². The van der Waals surface area contributed by atoms with Crippen molar-refractivity contribution in [1.29, 1.82) is 0 Å². The van der Waals surface area contributed by atoms with Crippen LogP contribution in [0.4, 0.5) is 5.69 Å². The number of benzene rings is 1. The Kier molecular flexibility index (Phi) is 9.12. The summed E-state index contributed by atoms with van der Waals surface area (Å²) in [6.45, 7) is 5.49. The van der Waals surface area contributed by atoms with Crippen LogP contribution in [0.2, 0.25) is 0 Å². The molecule has 0 heterocycles. The normalized spacial score (nSPS) is 11.0. The Hall–Kier alpha value is -1.21. The largest absolute Gasteiger partial charge is 0.497 e. The Bertz CT molecular complexity index is 507. The molecule has 0 saturated heterocycles. The van der Waals surface area contributed by atoms with Gasteiger partial charge in [-0.2, -0.15) is 0 Å². The summed E-state index contributed by atoms with van der Waals surface area (Å²) in [5.74, 6) is 0.559. The number of hydrogen-bond donors (Lipinski definition) is 1. The number of hydrogen-bond acceptors (Lipinski definition) is 5. The Balaban J connectivity index is 0.00000400. The maximum Gasteiger partial charge on any atom is 0.309 e. The van der Waals surface area contributed by atoms with Crippen molar-refractivity contribution in [1.82, 2.24) is 0 Å². The highest BCUT2D eigenvalue weighted by atomic mass is 79.9. The quantitative estimate of drug-likeness (QED) is 0.368. The zero-order valence-corrected chi connectivity index (χ0v) is 15.1. The van der Waals surface area contributed by atoms with Gasteiger partial charge in [0.2, 0.25) is 0 Å². The van der Waals surface area contributed by atoms with Gasteiger partial charge in [0.15, 0.2) is 5.17 Å². The SMILES string of the molecule is Br.COc1ccc(N=C(N)SCOC(=O)C(C)C)c(C)c1. The van der Waals surface area contributed by atoms with Gasteiger partial charge in [0, 0.05) is 0 Å². The first-order chi connectivity index (χ1) is 9.43. The lowest BCUT2D eigenvalue weighted by Crippen LogP contribution is -2.14. The number of thioether (sulfide) groups is 1. The van der Waals surface area contributed by atoms with E-state index in [4.69, 9.17) is 15.2 Å². The monoisotopic (exact) mass is 376 g/mol. The number of carbonyl (C=O) groups is 1. The van der Waals surface area contributed by atoms with Crippen molar-refractivity contribution < 1.29 is 14.3 Å². The second kappa shape index (κ2) is 9.68. The summed E-state index contributed by atoms with van der Waals surface area (Å²) >= 11 is 1.19. The van der Waals surface area contributed by atoms with Crippen LogP contribution in [0.25, 0.3) is 0 Å². The summed E-state index contributed by atoms with van der Waals surface area (Å²) in [7, 11) is 1.62. The standard InChI is InChI=1S/C14H20N2O3S.BrH/c1-9(2)13(17)19-8-20-14(15)16-12-6-5-11(18-4)7-10(12)3;/h5-7,9H,8H2,1-4H3,(H2,15,16);1H. The number of aliphatic imine (C=N–C) groups is 1. The summed E-state index contributed by atoms with van der Waals surface area (Å²) in [6.07, 6.45) is 0. The molecule has 0 radical (unpaired) electrons. The van der Waals surface area contributed by atoms with Gasteiger partial charge in [-0.25, -0.2) is 4.99 Å². The number of ether oxygens (including phenoxy) is 2. The maximum atomic E-state index is 11.3. The lowest BCUT2D eigenvalue weighted by atomic mass is 10.2. The number of nitrogens with zero attached hydrogens (tertiary/aromatic N) is 1. The predicted octanol–water partition coefficient (Wildman–Crippen LogP) is 3.42. The van der Waals surface area contributed by atoms with Crippen LogP contribution < -0.4 is 10.5 Å². The van der Waals surface area contributed by atoms with E-state index in [0.717, 1.165) is 17.0 Å². The van der Waals surface area contributed by atoms with E-state index in [1.165, 1.54) is 11.8 Å². The molecule has 1 rings (SSSR count). The average Bonchev–Trinajstić information content (AvgIpc) is 2.40. The zero-order chi connectivity index (χ0) is 15.1. The number of carbonyl (C=O) groups excluding carboxylic acids is 1. The number of halogens is 1. The molecule has 0 aliphatic heterocycles.